The highest BCUT2D eigenvalue weighted by atomic mass is 16.3. The topological polar surface area (TPSA) is 82.8 Å². The monoisotopic (exact) mass is 330 g/mol. The van der Waals surface area contributed by atoms with Crippen LogP contribution in [-0.2, 0) is 0 Å². The van der Waals surface area contributed by atoms with Crippen LogP contribution in [0.5, 0.6) is 0 Å². The minimum atomic E-state index is -0.981. The summed E-state index contributed by atoms with van der Waals surface area (Å²) in [5.74, 6) is -0.409. The average molecular weight is 330 g/mol. The molecule has 2 aromatic rings. The zero-order valence-electron chi connectivity index (χ0n) is 14.3. The number of likely N-dealkylation sites (N-methyl/N-ethyl adjacent to an activating group) is 1. The van der Waals surface area contributed by atoms with E-state index in [0.29, 0.717) is 11.3 Å². The van der Waals surface area contributed by atoms with Crippen molar-refractivity contribution in [3.63, 3.8) is 0 Å². The van der Waals surface area contributed by atoms with Gasteiger partial charge in [-0.2, -0.15) is 0 Å². The molecule has 2 amide bonds. The lowest BCUT2D eigenvalue weighted by Crippen LogP contribution is -2.39. The second kappa shape index (κ2) is 6.88. The number of nitrogens with one attached hydrogen (secondary N) is 1. The molecular weight excluding hydrogens is 308 g/mol. The van der Waals surface area contributed by atoms with E-state index in [0.717, 1.165) is 5.56 Å². The minimum Gasteiger partial charge on any atom is -0.459 e. The van der Waals surface area contributed by atoms with Crippen molar-refractivity contribution in [1.82, 2.24) is 4.90 Å². The number of hydrogen-bond donors (Lipinski definition) is 2. The van der Waals surface area contributed by atoms with Gasteiger partial charge < -0.3 is 19.7 Å². The molecule has 128 valence electrons. The van der Waals surface area contributed by atoms with Crippen molar-refractivity contribution in [1.29, 1.82) is 0 Å². The number of amides is 2. The van der Waals surface area contributed by atoms with Crippen molar-refractivity contribution < 1.29 is 19.1 Å². The summed E-state index contributed by atoms with van der Waals surface area (Å²) in [6.07, 6.45) is 1.42. The zero-order valence-corrected chi connectivity index (χ0v) is 14.3. The molecule has 6 nitrogen and oxygen atoms in total. The predicted molar refractivity (Wildman–Crippen MR) is 91.1 cm³/mol. The van der Waals surface area contributed by atoms with Gasteiger partial charge in [-0.3, -0.25) is 9.59 Å². The number of furan rings is 1. The third-order valence-corrected chi connectivity index (χ3v) is 3.45. The molecule has 0 unspecified atom stereocenters. The zero-order chi connectivity index (χ0) is 17.9. The fraction of sp³-hybridized carbons (Fsp3) is 0.333. The van der Waals surface area contributed by atoms with Gasteiger partial charge in [0.05, 0.1) is 11.9 Å². The highest BCUT2D eigenvalue weighted by Crippen LogP contribution is 2.19. The molecule has 0 aliphatic heterocycles. The fourth-order valence-electron chi connectivity index (χ4n) is 2.35. The van der Waals surface area contributed by atoms with Crippen LogP contribution in [0.3, 0.4) is 0 Å². The quantitative estimate of drug-likeness (QED) is 0.883. The maximum Gasteiger partial charge on any atom is 0.291 e. The first-order chi connectivity index (χ1) is 11.2. The van der Waals surface area contributed by atoms with Crippen LogP contribution in [0, 0.1) is 6.92 Å². The molecule has 6 heteroatoms. The van der Waals surface area contributed by atoms with Crippen LogP contribution in [0.4, 0.5) is 5.69 Å². The minimum absolute atomic E-state index is 0.199. The van der Waals surface area contributed by atoms with Crippen molar-refractivity contribution in [2.75, 3.05) is 18.9 Å². The standard InChI is InChI=1S/C18H22N2O4/c1-12-7-8-13(17(22)20(4)11-18(2,3)23)10-14(12)19-16(21)15-6-5-9-24-15/h5-10,23H,11H2,1-4H3,(H,19,21). The molecular formula is C18H22N2O4. The SMILES string of the molecule is Cc1ccc(C(=O)N(C)CC(C)(C)O)cc1NC(=O)c1ccco1. The molecule has 0 atom stereocenters. The molecule has 0 bridgehead atoms. The van der Waals surface area contributed by atoms with Gasteiger partial charge in [0.2, 0.25) is 0 Å². The summed E-state index contributed by atoms with van der Waals surface area (Å²) < 4.78 is 5.06. The largest absolute Gasteiger partial charge is 0.459 e. The van der Waals surface area contributed by atoms with Gasteiger partial charge in [-0.25, -0.2) is 0 Å². The van der Waals surface area contributed by atoms with Crippen LogP contribution in [-0.4, -0.2) is 41.0 Å². The summed E-state index contributed by atoms with van der Waals surface area (Å²) in [7, 11) is 1.63. The summed E-state index contributed by atoms with van der Waals surface area (Å²) in [4.78, 5) is 26.0. The van der Waals surface area contributed by atoms with E-state index in [4.69, 9.17) is 4.42 Å². The van der Waals surface area contributed by atoms with E-state index in [-0.39, 0.29) is 24.1 Å². The Labute approximate surface area is 141 Å². The maximum atomic E-state index is 12.5. The second-order valence-electron chi connectivity index (χ2n) is 6.43. The lowest BCUT2D eigenvalue weighted by molar-refractivity contribution is 0.0368. The Kier molecular flexibility index (Phi) is 5.09. The molecule has 0 saturated heterocycles. The Morgan fingerprint density at radius 2 is 2.00 bits per heavy atom. The Balaban J connectivity index is 2.19. The number of carbonyl (C=O) groups excluding carboxylic acids is 2. The lowest BCUT2D eigenvalue weighted by Gasteiger charge is -2.25. The van der Waals surface area contributed by atoms with Crippen LogP contribution in [0.15, 0.2) is 41.0 Å². The molecule has 2 N–H and O–H groups in total. The summed E-state index contributed by atoms with van der Waals surface area (Å²) in [6.45, 7) is 5.32. The molecule has 1 aromatic heterocycles. The van der Waals surface area contributed by atoms with E-state index in [9.17, 15) is 14.7 Å². The van der Waals surface area contributed by atoms with E-state index in [1.807, 2.05) is 6.92 Å². The number of aryl methyl sites for hydroxylation is 1. The normalized spacial score (nSPS) is 11.2. The van der Waals surface area contributed by atoms with Gasteiger partial charge in [-0.15, -0.1) is 0 Å². The molecule has 1 aromatic carbocycles. The molecule has 0 spiro atoms. The highest BCUT2D eigenvalue weighted by molar-refractivity contribution is 6.03. The van der Waals surface area contributed by atoms with E-state index in [2.05, 4.69) is 5.32 Å². The van der Waals surface area contributed by atoms with Gasteiger partial charge in [-0.1, -0.05) is 6.07 Å². The van der Waals surface area contributed by atoms with Gasteiger partial charge in [-0.05, 0) is 50.6 Å². The maximum absolute atomic E-state index is 12.5. The summed E-state index contributed by atoms with van der Waals surface area (Å²) in [5.41, 5.74) is 0.823. The molecule has 1 heterocycles. The van der Waals surface area contributed by atoms with Crippen molar-refractivity contribution in [3.8, 4) is 0 Å². The highest BCUT2D eigenvalue weighted by Gasteiger charge is 2.21. The van der Waals surface area contributed by atoms with Crippen LogP contribution < -0.4 is 5.32 Å². The average Bonchev–Trinajstić information content (AvgIpc) is 3.01. The fourth-order valence-corrected chi connectivity index (χ4v) is 2.35. The number of anilines is 1. The molecule has 24 heavy (non-hydrogen) atoms. The predicted octanol–water partition coefficient (Wildman–Crippen LogP) is 2.68. The molecule has 2 rings (SSSR count). The van der Waals surface area contributed by atoms with Gasteiger partial charge >= 0.3 is 0 Å². The summed E-state index contributed by atoms with van der Waals surface area (Å²) in [5, 5.41) is 12.6. The third kappa shape index (κ3) is 4.45. The van der Waals surface area contributed by atoms with Gasteiger partial charge in [0.1, 0.15) is 0 Å². The second-order valence-corrected chi connectivity index (χ2v) is 6.43. The van der Waals surface area contributed by atoms with Crippen LogP contribution in [0.1, 0.15) is 40.3 Å². The summed E-state index contributed by atoms with van der Waals surface area (Å²) >= 11 is 0. The Morgan fingerprint density at radius 1 is 1.29 bits per heavy atom. The molecule has 0 aliphatic carbocycles. The van der Waals surface area contributed by atoms with E-state index < -0.39 is 5.60 Å². The van der Waals surface area contributed by atoms with E-state index >= 15 is 0 Å². The number of benzene rings is 1. The first-order valence-electron chi connectivity index (χ1n) is 7.61. The number of hydrogen-bond acceptors (Lipinski definition) is 4. The number of rotatable bonds is 5. The Morgan fingerprint density at radius 3 is 2.58 bits per heavy atom. The van der Waals surface area contributed by atoms with Crippen molar-refractivity contribution in [2.24, 2.45) is 0 Å². The van der Waals surface area contributed by atoms with Gasteiger partial charge in [0.25, 0.3) is 11.8 Å². The molecule has 0 fully saturated rings. The van der Waals surface area contributed by atoms with Crippen molar-refractivity contribution >= 4 is 17.5 Å². The first-order valence-corrected chi connectivity index (χ1v) is 7.61. The van der Waals surface area contributed by atoms with Crippen molar-refractivity contribution in [2.45, 2.75) is 26.4 Å². The van der Waals surface area contributed by atoms with Crippen LogP contribution in [0.25, 0.3) is 0 Å². The molecule has 0 saturated carbocycles. The van der Waals surface area contributed by atoms with E-state index in [1.165, 1.54) is 11.2 Å². The molecule has 0 aliphatic rings. The van der Waals surface area contributed by atoms with Crippen LogP contribution >= 0.6 is 0 Å². The van der Waals surface area contributed by atoms with Crippen molar-refractivity contribution in [3.05, 3.63) is 53.5 Å². The first kappa shape index (κ1) is 17.7. The number of aliphatic hydroxyl groups is 1. The van der Waals surface area contributed by atoms with Gasteiger partial charge in [0.15, 0.2) is 5.76 Å². The Hall–Kier alpha value is -2.60. The number of nitrogens with zero attached hydrogens (tertiary/aromatic N) is 1. The van der Waals surface area contributed by atoms with Crippen LogP contribution in [0.2, 0.25) is 0 Å². The molecule has 0 radical (unpaired) electrons. The lowest BCUT2D eigenvalue weighted by atomic mass is 10.1. The summed E-state index contributed by atoms with van der Waals surface area (Å²) in [6, 6.07) is 8.29. The Bertz CT molecular complexity index is 730. The van der Waals surface area contributed by atoms with E-state index in [1.54, 1.807) is 51.2 Å². The smallest absolute Gasteiger partial charge is 0.291 e. The van der Waals surface area contributed by atoms with Gasteiger partial charge in [0, 0.05) is 24.8 Å². The third-order valence-electron chi connectivity index (χ3n) is 3.45. The number of carbonyl (C=O) groups is 2.